The van der Waals surface area contributed by atoms with Crippen LogP contribution < -0.4 is 10.1 Å². The average molecular weight is 566 g/mol. The van der Waals surface area contributed by atoms with Crippen LogP contribution in [-0.2, 0) is 16.0 Å². The molecule has 2 amide bonds. The molecule has 7 heteroatoms. The van der Waals surface area contributed by atoms with Crippen LogP contribution in [-0.4, -0.2) is 53.8 Å². The van der Waals surface area contributed by atoms with E-state index in [2.05, 4.69) is 46.7 Å². The molecule has 1 N–H and O–H groups in total. The van der Waals surface area contributed by atoms with Crippen LogP contribution in [0.25, 0.3) is 0 Å². The van der Waals surface area contributed by atoms with Gasteiger partial charge in [0.05, 0.1) is 6.54 Å². The number of carbonyl (C=O) groups excluding carboxylic acids is 2. The fraction of sp³-hybridized carbons (Fsp3) is 0.314. The van der Waals surface area contributed by atoms with Crippen LogP contribution in [0.1, 0.15) is 18.4 Å². The van der Waals surface area contributed by atoms with Crippen molar-refractivity contribution in [1.82, 2.24) is 9.80 Å². The van der Waals surface area contributed by atoms with Crippen LogP contribution in [0.2, 0.25) is 0 Å². The summed E-state index contributed by atoms with van der Waals surface area (Å²) < 4.78 is 19.0. The van der Waals surface area contributed by atoms with Crippen molar-refractivity contribution in [3.8, 4) is 11.5 Å². The van der Waals surface area contributed by atoms with Crippen LogP contribution in [0.3, 0.4) is 0 Å². The number of benzene rings is 3. The minimum Gasteiger partial charge on any atom is -0.457 e. The van der Waals surface area contributed by atoms with E-state index in [1.165, 1.54) is 17.7 Å². The summed E-state index contributed by atoms with van der Waals surface area (Å²) in [4.78, 5) is 31.4. The van der Waals surface area contributed by atoms with Crippen molar-refractivity contribution in [2.75, 3.05) is 31.5 Å². The second kappa shape index (κ2) is 12.7. The molecular formula is C35H36FN3O3. The second-order valence-corrected chi connectivity index (χ2v) is 11.5. The number of piperidine rings is 1. The molecule has 6 nitrogen and oxygen atoms in total. The number of hydrogen-bond donors (Lipinski definition) is 1. The van der Waals surface area contributed by atoms with Gasteiger partial charge in [0.1, 0.15) is 23.4 Å². The van der Waals surface area contributed by atoms with Gasteiger partial charge >= 0.3 is 0 Å². The Morgan fingerprint density at radius 3 is 2.29 bits per heavy atom. The topological polar surface area (TPSA) is 61.9 Å². The Balaban J connectivity index is 1.11. The molecule has 3 aromatic carbocycles. The maximum absolute atomic E-state index is 13.7. The molecule has 216 valence electrons. The molecule has 42 heavy (non-hydrogen) atoms. The highest BCUT2D eigenvalue weighted by atomic mass is 19.1. The van der Waals surface area contributed by atoms with Gasteiger partial charge < -0.3 is 15.0 Å². The molecule has 3 aromatic rings. The van der Waals surface area contributed by atoms with Gasteiger partial charge in [-0.2, -0.15) is 0 Å². The summed E-state index contributed by atoms with van der Waals surface area (Å²) in [7, 11) is 0. The maximum Gasteiger partial charge on any atom is 0.247 e. The van der Waals surface area contributed by atoms with Crippen LogP contribution in [0.15, 0.2) is 103 Å². The minimum absolute atomic E-state index is 0.0162. The Morgan fingerprint density at radius 2 is 1.55 bits per heavy atom. The molecule has 6 rings (SSSR count). The SMILES string of the molecule is O=C(Nc1ccc(Oc2ccc(F)cc2)cc1)[C@@H]1C[C@@H](Cc2ccccc2)CN1C(=O)CN1CCC2C=CC=CC2C1. The summed E-state index contributed by atoms with van der Waals surface area (Å²) in [6, 6.07) is 22.6. The predicted molar refractivity (Wildman–Crippen MR) is 162 cm³/mol. The van der Waals surface area contributed by atoms with Crippen molar-refractivity contribution >= 4 is 17.5 Å². The lowest BCUT2D eigenvalue weighted by molar-refractivity contribution is -0.138. The van der Waals surface area contributed by atoms with E-state index in [1.807, 2.05) is 18.2 Å². The molecule has 2 aliphatic heterocycles. The van der Waals surface area contributed by atoms with E-state index in [-0.39, 0.29) is 23.5 Å². The van der Waals surface area contributed by atoms with E-state index >= 15 is 0 Å². The number of carbonyl (C=O) groups is 2. The van der Waals surface area contributed by atoms with E-state index in [0.29, 0.717) is 48.5 Å². The molecule has 1 aliphatic carbocycles. The van der Waals surface area contributed by atoms with Gasteiger partial charge in [-0.1, -0.05) is 54.6 Å². The quantitative estimate of drug-likeness (QED) is 0.360. The molecule has 0 radical (unpaired) electrons. The molecule has 3 aliphatic rings. The Labute approximate surface area is 246 Å². The van der Waals surface area contributed by atoms with Crippen LogP contribution in [0.4, 0.5) is 10.1 Å². The Hall–Kier alpha value is -4.23. The zero-order valence-electron chi connectivity index (χ0n) is 23.6. The van der Waals surface area contributed by atoms with Crippen molar-refractivity contribution in [2.45, 2.75) is 25.3 Å². The zero-order chi connectivity index (χ0) is 28.9. The lowest BCUT2D eigenvalue weighted by atomic mass is 9.83. The minimum atomic E-state index is -0.531. The van der Waals surface area contributed by atoms with Crippen LogP contribution in [0.5, 0.6) is 11.5 Å². The Kier molecular flexibility index (Phi) is 8.47. The number of nitrogens with one attached hydrogen (secondary N) is 1. The second-order valence-electron chi connectivity index (χ2n) is 11.5. The number of allylic oxidation sites excluding steroid dienone is 3. The van der Waals surface area contributed by atoms with Crippen molar-refractivity contribution in [2.24, 2.45) is 17.8 Å². The smallest absolute Gasteiger partial charge is 0.247 e. The normalized spacial score (nSPS) is 23.4. The number of hydrogen-bond acceptors (Lipinski definition) is 4. The number of likely N-dealkylation sites (tertiary alicyclic amines) is 2. The van der Waals surface area contributed by atoms with E-state index < -0.39 is 6.04 Å². The van der Waals surface area contributed by atoms with E-state index in [1.54, 1.807) is 41.3 Å². The standard InChI is InChI=1S/C35H36FN3O3/c36-29-10-14-31(15-11-29)42-32-16-12-30(13-17-32)37-35(41)33-21-26(20-25-6-2-1-3-7-25)22-39(33)34(40)24-38-19-18-27-8-4-5-9-28(27)23-38/h1-17,26-28,33H,18-24H2,(H,37,41)/t26-,27?,28?,33+/m1/s1. The average Bonchev–Trinajstić information content (AvgIpc) is 3.44. The van der Waals surface area contributed by atoms with Gasteiger partial charge in [0.15, 0.2) is 0 Å². The van der Waals surface area contributed by atoms with Gasteiger partial charge in [-0.05, 0) is 97.7 Å². The van der Waals surface area contributed by atoms with Gasteiger partial charge in [-0.3, -0.25) is 14.5 Å². The van der Waals surface area contributed by atoms with E-state index in [4.69, 9.17) is 4.74 Å². The first-order chi connectivity index (χ1) is 20.5. The van der Waals surface area contributed by atoms with Gasteiger partial charge in [-0.25, -0.2) is 4.39 Å². The maximum atomic E-state index is 13.7. The Morgan fingerprint density at radius 1 is 0.857 bits per heavy atom. The largest absolute Gasteiger partial charge is 0.457 e. The summed E-state index contributed by atoms with van der Waals surface area (Å²) in [6.07, 6.45) is 11.2. The van der Waals surface area contributed by atoms with Gasteiger partial charge in [0, 0.05) is 18.8 Å². The lowest BCUT2D eigenvalue weighted by Crippen LogP contribution is -2.49. The molecule has 0 bridgehead atoms. The fourth-order valence-electron chi connectivity index (χ4n) is 6.37. The Bertz CT molecular complexity index is 1440. The molecule has 0 spiro atoms. The fourth-order valence-corrected chi connectivity index (χ4v) is 6.37. The number of halogens is 1. The van der Waals surface area contributed by atoms with E-state index in [0.717, 1.165) is 25.9 Å². The third-order valence-corrected chi connectivity index (χ3v) is 8.53. The number of fused-ring (bicyclic) bond motifs is 1. The van der Waals surface area contributed by atoms with Gasteiger partial charge in [-0.15, -0.1) is 0 Å². The number of ether oxygens (including phenoxy) is 1. The third kappa shape index (κ3) is 6.80. The van der Waals surface area contributed by atoms with Gasteiger partial charge in [0.25, 0.3) is 0 Å². The molecule has 0 saturated carbocycles. The number of nitrogens with zero attached hydrogens (tertiary/aromatic N) is 2. The molecule has 2 saturated heterocycles. The first kappa shape index (κ1) is 27.9. The first-order valence-electron chi connectivity index (χ1n) is 14.8. The van der Waals surface area contributed by atoms with E-state index in [9.17, 15) is 14.0 Å². The summed E-state index contributed by atoms with van der Waals surface area (Å²) >= 11 is 0. The van der Waals surface area contributed by atoms with Crippen molar-refractivity contribution in [1.29, 1.82) is 0 Å². The molecule has 2 heterocycles. The summed E-state index contributed by atoms with van der Waals surface area (Å²) in [5, 5.41) is 3.02. The highest BCUT2D eigenvalue weighted by molar-refractivity contribution is 5.97. The van der Waals surface area contributed by atoms with Crippen LogP contribution in [0, 0.1) is 23.6 Å². The van der Waals surface area contributed by atoms with Gasteiger partial charge in [0.2, 0.25) is 11.8 Å². The molecule has 0 aromatic heterocycles. The summed E-state index contributed by atoms with van der Waals surface area (Å²) in [5.74, 6) is 1.81. The third-order valence-electron chi connectivity index (χ3n) is 8.53. The predicted octanol–water partition coefficient (Wildman–Crippen LogP) is 6.08. The van der Waals surface area contributed by atoms with Crippen LogP contribution >= 0.6 is 0 Å². The molecular weight excluding hydrogens is 529 g/mol. The molecule has 4 atom stereocenters. The first-order valence-corrected chi connectivity index (χ1v) is 14.8. The number of rotatable bonds is 8. The molecule has 2 unspecified atom stereocenters. The highest BCUT2D eigenvalue weighted by Gasteiger charge is 2.40. The zero-order valence-corrected chi connectivity index (χ0v) is 23.6. The summed E-state index contributed by atoms with van der Waals surface area (Å²) in [5.41, 5.74) is 1.84. The lowest BCUT2D eigenvalue weighted by Gasteiger charge is -2.37. The summed E-state index contributed by atoms with van der Waals surface area (Å²) in [6.45, 7) is 2.65. The monoisotopic (exact) mass is 565 g/mol. The number of anilines is 1. The highest BCUT2D eigenvalue weighted by Crippen LogP contribution is 2.31. The molecule has 2 fully saturated rings. The number of amides is 2. The van der Waals surface area contributed by atoms with Crippen molar-refractivity contribution < 1.29 is 18.7 Å². The van der Waals surface area contributed by atoms with Crippen molar-refractivity contribution in [3.05, 3.63) is 115 Å². The van der Waals surface area contributed by atoms with Crippen molar-refractivity contribution in [3.63, 3.8) is 0 Å².